The largest absolute Gasteiger partial charge is 0.433 e. The molecule has 1 amide bonds. The molecule has 0 aliphatic carbocycles. The summed E-state index contributed by atoms with van der Waals surface area (Å²) in [6.45, 7) is 4.10. The molecule has 0 N–H and O–H groups in total. The number of piperidine rings is 1. The number of nitrogens with zero attached hydrogens (tertiary/aromatic N) is 3. The molecule has 0 saturated carbocycles. The Morgan fingerprint density at radius 3 is 2.73 bits per heavy atom. The molecule has 22 heavy (non-hydrogen) atoms. The van der Waals surface area contributed by atoms with Gasteiger partial charge in [-0.25, -0.2) is 4.98 Å². The molecule has 7 heteroatoms. The summed E-state index contributed by atoms with van der Waals surface area (Å²) in [5, 5.41) is 9.33. The van der Waals surface area contributed by atoms with Gasteiger partial charge in [0.05, 0.1) is 6.07 Å². The summed E-state index contributed by atoms with van der Waals surface area (Å²) >= 11 is 0. The number of aromatic nitrogens is 1. The summed E-state index contributed by atoms with van der Waals surface area (Å²) in [7, 11) is 0. The Balaban J connectivity index is 2.34. The molecule has 118 valence electrons. The van der Waals surface area contributed by atoms with Gasteiger partial charge in [0.1, 0.15) is 17.4 Å². The van der Waals surface area contributed by atoms with Crippen LogP contribution in [-0.4, -0.2) is 28.4 Å². The first kappa shape index (κ1) is 16.3. The Morgan fingerprint density at radius 2 is 2.14 bits per heavy atom. The number of rotatable bonds is 1. The van der Waals surface area contributed by atoms with Crippen molar-refractivity contribution in [2.75, 3.05) is 6.54 Å². The predicted octanol–water partition coefficient (Wildman–Crippen LogP) is 3.25. The first-order chi connectivity index (χ1) is 10.2. The fourth-order valence-electron chi connectivity index (χ4n) is 2.71. The van der Waals surface area contributed by atoms with Crippen LogP contribution in [0.4, 0.5) is 13.2 Å². The molecule has 0 aromatic carbocycles. The highest BCUT2D eigenvalue weighted by Gasteiger charge is 2.41. The van der Waals surface area contributed by atoms with Gasteiger partial charge >= 0.3 is 6.18 Å². The lowest BCUT2D eigenvalue weighted by atomic mass is 9.77. The van der Waals surface area contributed by atoms with Crippen LogP contribution in [0.5, 0.6) is 0 Å². The summed E-state index contributed by atoms with van der Waals surface area (Å²) in [4.78, 5) is 17.2. The summed E-state index contributed by atoms with van der Waals surface area (Å²) < 4.78 is 38.1. The first-order valence-corrected chi connectivity index (χ1v) is 6.91. The van der Waals surface area contributed by atoms with Crippen molar-refractivity contribution in [1.82, 2.24) is 9.88 Å². The van der Waals surface area contributed by atoms with E-state index < -0.39 is 29.2 Å². The quantitative estimate of drug-likeness (QED) is 0.800. The Hall–Kier alpha value is -2.10. The van der Waals surface area contributed by atoms with Gasteiger partial charge in [-0.2, -0.15) is 18.4 Å². The van der Waals surface area contributed by atoms with Crippen LogP contribution in [0.1, 0.15) is 42.9 Å². The molecule has 1 aromatic heterocycles. The van der Waals surface area contributed by atoms with Gasteiger partial charge < -0.3 is 4.90 Å². The van der Waals surface area contributed by atoms with E-state index in [1.54, 1.807) is 0 Å². The lowest BCUT2D eigenvalue weighted by Gasteiger charge is -2.42. The minimum absolute atomic E-state index is 0.284. The van der Waals surface area contributed by atoms with Crippen molar-refractivity contribution in [3.8, 4) is 6.07 Å². The Labute approximate surface area is 126 Å². The van der Waals surface area contributed by atoms with Crippen molar-refractivity contribution in [3.63, 3.8) is 0 Å². The van der Waals surface area contributed by atoms with Crippen molar-refractivity contribution in [3.05, 3.63) is 29.6 Å². The van der Waals surface area contributed by atoms with Crippen LogP contribution >= 0.6 is 0 Å². The number of hydrogen-bond acceptors (Lipinski definition) is 3. The molecule has 2 rings (SSSR count). The zero-order chi connectivity index (χ0) is 16.5. The normalized spacial score (nSPS) is 21.3. The summed E-state index contributed by atoms with van der Waals surface area (Å²) in [6.07, 6.45) is -3.12. The highest BCUT2D eigenvalue weighted by molar-refractivity contribution is 5.93. The number of nitriles is 1. The number of pyridine rings is 1. The van der Waals surface area contributed by atoms with Gasteiger partial charge in [0.2, 0.25) is 0 Å². The minimum Gasteiger partial charge on any atom is -0.321 e. The zero-order valence-corrected chi connectivity index (χ0v) is 12.3. The molecular formula is C15H16F3N3O. The fourth-order valence-corrected chi connectivity index (χ4v) is 2.71. The van der Waals surface area contributed by atoms with E-state index in [2.05, 4.69) is 11.1 Å². The third-order valence-corrected chi connectivity index (χ3v) is 3.91. The maximum atomic E-state index is 12.7. The highest BCUT2D eigenvalue weighted by Crippen LogP contribution is 2.35. The molecule has 0 radical (unpaired) electrons. The van der Waals surface area contributed by atoms with E-state index in [1.807, 2.05) is 13.8 Å². The van der Waals surface area contributed by atoms with Gasteiger partial charge in [-0.15, -0.1) is 0 Å². The Morgan fingerprint density at radius 1 is 1.45 bits per heavy atom. The maximum absolute atomic E-state index is 12.7. The third kappa shape index (κ3) is 3.06. The molecule has 1 saturated heterocycles. The lowest BCUT2D eigenvalue weighted by Crippen LogP contribution is -2.51. The van der Waals surface area contributed by atoms with E-state index in [0.717, 1.165) is 18.6 Å². The highest BCUT2D eigenvalue weighted by atomic mass is 19.4. The average molecular weight is 311 g/mol. The van der Waals surface area contributed by atoms with E-state index >= 15 is 0 Å². The molecule has 4 nitrogen and oxygen atoms in total. The lowest BCUT2D eigenvalue weighted by molar-refractivity contribution is -0.141. The predicted molar refractivity (Wildman–Crippen MR) is 72.7 cm³/mol. The van der Waals surface area contributed by atoms with Gasteiger partial charge in [-0.1, -0.05) is 19.9 Å². The van der Waals surface area contributed by atoms with Crippen LogP contribution in [0.2, 0.25) is 0 Å². The molecule has 1 aliphatic heterocycles. The van der Waals surface area contributed by atoms with Crippen molar-refractivity contribution in [1.29, 1.82) is 5.26 Å². The van der Waals surface area contributed by atoms with Gasteiger partial charge in [0.15, 0.2) is 0 Å². The number of alkyl halides is 3. The number of carbonyl (C=O) groups is 1. The molecule has 2 heterocycles. The Kier molecular flexibility index (Phi) is 4.14. The average Bonchev–Trinajstić information content (AvgIpc) is 2.44. The summed E-state index contributed by atoms with van der Waals surface area (Å²) in [5.74, 6) is -0.634. The van der Waals surface area contributed by atoms with E-state index in [4.69, 9.17) is 0 Å². The van der Waals surface area contributed by atoms with Crippen LogP contribution in [0.3, 0.4) is 0 Å². The summed E-state index contributed by atoms with van der Waals surface area (Å²) in [5.41, 5.74) is -1.79. The second kappa shape index (κ2) is 5.59. The molecule has 0 bridgehead atoms. The number of amides is 1. The van der Waals surface area contributed by atoms with Gasteiger partial charge in [-0.3, -0.25) is 4.79 Å². The fraction of sp³-hybridized carbons (Fsp3) is 0.533. The molecule has 1 unspecified atom stereocenters. The number of carbonyl (C=O) groups excluding carboxylic acids is 1. The molecule has 1 aliphatic rings. The van der Waals surface area contributed by atoms with Crippen molar-refractivity contribution in [2.45, 2.75) is 38.9 Å². The SMILES string of the molecule is CC1(C)CCCN(C(=O)c2cccc(C(F)(F)F)n2)C1C#N. The second-order valence-corrected chi connectivity index (χ2v) is 6.03. The van der Waals surface area contributed by atoms with Crippen LogP contribution < -0.4 is 0 Å². The van der Waals surface area contributed by atoms with Gasteiger partial charge in [0.25, 0.3) is 5.91 Å². The van der Waals surface area contributed by atoms with Gasteiger partial charge in [-0.05, 0) is 30.4 Å². The minimum atomic E-state index is -4.61. The van der Waals surface area contributed by atoms with E-state index in [0.29, 0.717) is 13.0 Å². The van der Waals surface area contributed by atoms with Crippen LogP contribution in [0.25, 0.3) is 0 Å². The van der Waals surface area contributed by atoms with Crippen molar-refractivity contribution < 1.29 is 18.0 Å². The summed E-state index contributed by atoms with van der Waals surface area (Å²) in [6, 6.07) is 4.63. The standard InChI is InChI=1S/C15H16F3N3O/c1-14(2)7-4-8-21(12(14)9-19)13(22)10-5-3-6-11(20-10)15(16,17)18/h3,5-6,12H,4,7-8H2,1-2H3. The molecule has 1 aromatic rings. The van der Waals surface area contributed by atoms with Gasteiger partial charge in [0, 0.05) is 6.54 Å². The van der Waals surface area contributed by atoms with Crippen LogP contribution in [-0.2, 0) is 6.18 Å². The van der Waals surface area contributed by atoms with Crippen molar-refractivity contribution >= 4 is 5.91 Å². The van der Waals surface area contributed by atoms with Crippen LogP contribution in [0.15, 0.2) is 18.2 Å². The van der Waals surface area contributed by atoms with E-state index in [1.165, 1.54) is 11.0 Å². The number of hydrogen-bond donors (Lipinski definition) is 0. The van der Waals surface area contributed by atoms with Crippen molar-refractivity contribution in [2.24, 2.45) is 5.41 Å². The second-order valence-electron chi connectivity index (χ2n) is 6.03. The monoisotopic (exact) mass is 311 g/mol. The van der Waals surface area contributed by atoms with Crippen LogP contribution in [0, 0.1) is 16.7 Å². The molecule has 1 fully saturated rings. The molecule has 1 atom stereocenters. The molecular weight excluding hydrogens is 295 g/mol. The zero-order valence-electron chi connectivity index (χ0n) is 12.3. The molecule has 0 spiro atoms. The van der Waals surface area contributed by atoms with E-state index in [-0.39, 0.29) is 5.69 Å². The van der Waals surface area contributed by atoms with E-state index in [9.17, 15) is 23.2 Å². The first-order valence-electron chi connectivity index (χ1n) is 6.91. The smallest absolute Gasteiger partial charge is 0.321 e. The number of halogens is 3. The Bertz CT molecular complexity index is 619. The third-order valence-electron chi connectivity index (χ3n) is 3.91. The number of likely N-dealkylation sites (tertiary alicyclic amines) is 1. The maximum Gasteiger partial charge on any atom is 0.433 e. The topological polar surface area (TPSA) is 57.0 Å².